The van der Waals surface area contributed by atoms with E-state index in [4.69, 9.17) is 0 Å². The summed E-state index contributed by atoms with van der Waals surface area (Å²) < 4.78 is 68.6. The second kappa shape index (κ2) is 9.79. The van der Waals surface area contributed by atoms with Gasteiger partial charge in [0, 0.05) is 18.2 Å². The third-order valence-electron chi connectivity index (χ3n) is 4.09. The van der Waals surface area contributed by atoms with E-state index in [1.807, 2.05) is 6.07 Å². The normalized spacial score (nSPS) is 11.7. The number of pyridine rings is 1. The number of halogens is 3. The van der Waals surface area contributed by atoms with Gasteiger partial charge in [-0.05, 0) is 29.8 Å². The van der Waals surface area contributed by atoms with E-state index in [0.29, 0.717) is 0 Å². The zero-order chi connectivity index (χ0) is 23.2. The number of benzene rings is 2. The fourth-order valence-electron chi connectivity index (χ4n) is 2.56. The van der Waals surface area contributed by atoms with Crippen molar-refractivity contribution in [2.45, 2.75) is 17.6 Å². The maximum atomic E-state index is 12.6. The number of amides is 1. The molecule has 3 aromatic rings. The molecule has 0 aliphatic heterocycles. The van der Waals surface area contributed by atoms with Crippen LogP contribution in [0, 0.1) is 0 Å². The van der Waals surface area contributed by atoms with Crippen LogP contribution in [0.5, 0.6) is 5.88 Å². The minimum Gasteiger partial charge on any atom is -0.468 e. The summed E-state index contributed by atoms with van der Waals surface area (Å²) in [4.78, 5) is 16.1. The molecule has 0 atom stereocenters. The predicted octanol–water partition coefficient (Wildman–Crippen LogP) is 3.75. The smallest absolute Gasteiger partial charge is 0.422 e. The van der Waals surface area contributed by atoms with Crippen molar-refractivity contribution >= 4 is 21.6 Å². The van der Waals surface area contributed by atoms with Gasteiger partial charge in [0.15, 0.2) is 6.61 Å². The van der Waals surface area contributed by atoms with Gasteiger partial charge in [-0.15, -0.1) is 0 Å². The number of hydrogen-bond acceptors (Lipinski definition) is 5. The van der Waals surface area contributed by atoms with E-state index in [9.17, 15) is 26.4 Å². The molecule has 0 radical (unpaired) electrons. The molecular formula is C21H18F3N3O4S. The molecule has 32 heavy (non-hydrogen) atoms. The Balaban J connectivity index is 1.64. The highest BCUT2D eigenvalue weighted by molar-refractivity contribution is 7.89. The lowest BCUT2D eigenvalue weighted by atomic mass is 10.2. The van der Waals surface area contributed by atoms with Gasteiger partial charge in [-0.1, -0.05) is 36.4 Å². The third-order valence-corrected chi connectivity index (χ3v) is 5.49. The Morgan fingerprint density at radius 3 is 2.41 bits per heavy atom. The number of rotatable bonds is 8. The number of nitrogens with one attached hydrogen (secondary N) is 2. The zero-order valence-electron chi connectivity index (χ0n) is 16.5. The van der Waals surface area contributed by atoms with Crippen molar-refractivity contribution in [3.05, 3.63) is 84.1 Å². The van der Waals surface area contributed by atoms with Gasteiger partial charge in [-0.25, -0.2) is 18.1 Å². The number of carbonyl (C=O) groups is 1. The van der Waals surface area contributed by atoms with Crippen LogP contribution in [0.25, 0.3) is 0 Å². The van der Waals surface area contributed by atoms with Crippen LogP contribution >= 0.6 is 0 Å². The van der Waals surface area contributed by atoms with Crippen LogP contribution in [0.4, 0.5) is 18.9 Å². The maximum absolute atomic E-state index is 12.6. The third kappa shape index (κ3) is 6.79. The summed E-state index contributed by atoms with van der Waals surface area (Å²) in [5.74, 6) is -0.867. The minimum atomic E-state index is -4.49. The number of anilines is 1. The molecule has 1 heterocycles. The fraction of sp³-hybridized carbons (Fsp3) is 0.143. The van der Waals surface area contributed by atoms with Gasteiger partial charge in [0.05, 0.1) is 16.8 Å². The Hall–Kier alpha value is -3.44. The number of nitrogens with zero attached hydrogens (tertiary/aromatic N) is 1. The number of sulfonamides is 1. The molecule has 1 aromatic heterocycles. The van der Waals surface area contributed by atoms with Crippen molar-refractivity contribution in [2.75, 3.05) is 11.9 Å². The number of carbonyl (C=O) groups excluding carboxylic acids is 1. The van der Waals surface area contributed by atoms with Crippen LogP contribution in [0.1, 0.15) is 15.9 Å². The molecular weight excluding hydrogens is 447 g/mol. The molecule has 0 unspecified atom stereocenters. The van der Waals surface area contributed by atoms with Crippen molar-refractivity contribution in [3.63, 3.8) is 0 Å². The standard InChI is InChI=1S/C21H18F3N3O4S/c22-21(23,24)14-31-19-10-9-17(13-25-19)27-20(28)16-7-4-8-18(11-16)32(29,30)26-12-15-5-2-1-3-6-15/h1-11,13,26H,12,14H2,(H,27,28). The van der Waals surface area contributed by atoms with Crippen LogP contribution in [0.3, 0.4) is 0 Å². The molecule has 0 bridgehead atoms. The first-order chi connectivity index (χ1) is 15.1. The first-order valence-electron chi connectivity index (χ1n) is 9.23. The first-order valence-corrected chi connectivity index (χ1v) is 10.7. The second-order valence-corrected chi connectivity index (χ2v) is 8.35. The van der Waals surface area contributed by atoms with Gasteiger partial charge in [0.1, 0.15) is 0 Å². The van der Waals surface area contributed by atoms with Gasteiger partial charge in [-0.3, -0.25) is 4.79 Å². The highest BCUT2D eigenvalue weighted by Crippen LogP contribution is 2.19. The first kappa shape index (κ1) is 23.2. The molecule has 0 saturated heterocycles. The molecule has 3 rings (SSSR count). The number of hydrogen-bond donors (Lipinski definition) is 2. The zero-order valence-corrected chi connectivity index (χ0v) is 17.3. The quantitative estimate of drug-likeness (QED) is 0.528. The number of alkyl halides is 3. The molecule has 0 fully saturated rings. The lowest BCUT2D eigenvalue weighted by molar-refractivity contribution is -0.154. The lowest BCUT2D eigenvalue weighted by Gasteiger charge is -2.10. The predicted molar refractivity (Wildman–Crippen MR) is 111 cm³/mol. The highest BCUT2D eigenvalue weighted by Gasteiger charge is 2.28. The van der Waals surface area contributed by atoms with Crippen molar-refractivity contribution in [3.8, 4) is 5.88 Å². The summed E-state index contributed by atoms with van der Waals surface area (Å²) in [6.45, 7) is -1.39. The molecule has 2 aromatic carbocycles. The van der Waals surface area contributed by atoms with Crippen LogP contribution in [-0.2, 0) is 16.6 Å². The van der Waals surface area contributed by atoms with Gasteiger partial charge in [-0.2, -0.15) is 13.2 Å². The summed E-state index contributed by atoms with van der Waals surface area (Å²) in [6, 6.07) is 16.9. The highest BCUT2D eigenvalue weighted by atomic mass is 32.2. The molecule has 0 aliphatic rings. The summed E-state index contributed by atoms with van der Waals surface area (Å²) >= 11 is 0. The summed E-state index contributed by atoms with van der Waals surface area (Å²) in [5, 5.41) is 2.50. The van der Waals surface area contributed by atoms with Gasteiger partial charge < -0.3 is 10.1 Å². The fourth-order valence-corrected chi connectivity index (χ4v) is 3.62. The van der Waals surface area contributed by atoms with Crippen LogP contribution in [0.15, 0.2) is 77.8 Å². The maximum Gasteiger partial charge on any atom is 0.422 e. The Morgan fingerprint density at radius 2 is 1.75 bits per heavy atom. The van der Waals surface area contributed by atoms with Crippen LogP contribution < -0.4 is 14.8 Å². The summed E-state index contributed by atoms with van der Waals surface area (Å²) in [5.41, 5.74) is 1.05. The topological polar surface area (TPSA) is 97.4 Å². The average Bonchev–Trinajstić information content (AvgIpc) is 2.77. The Labute approximate surface area is 182 Å². The van der Waals surface area contributed by atoms with Crippen molar-refractivity contribution < 1.29 is 31.1 Å². The SMILES string of the molecule is O=C(Nc1ccc(OCC(F)(F)F)nc1)c1cccc(S(=O)(=O)NCc2ccccc2)c1. The molecule has 0 saturated carbocycles. The molecule has 11 heteroatoms. The molecule has 1 amide bonds. The Kier molecular flexibility index (Phi) is 7.11. The van der Waals surface area contributed by atoms with E-state index < -0.39 is 28.7 Å². The molecule has 168 valence electrons. The van der Waals surface area contributed by atoms with Gasteiger partial charge in [0.25, 0.3) is 5.91 Å². The molecule has 0 aliphatic carbocycles. The minimum absolute atomic E-state index is 0.0741. The molecule has 2 N–H and O–H groups in total. The van der Waals surface area contributed by atoms with Crippen LogP contribution in [-0.4, -0.2) is 32.1 Å². The van der Waals surface area contributed by atoms with E-state index in [2.05, 4.69) is 19.8 Å². The largest absolute Gasteiger partial charge is 0.468 e. The number of aromatic nitrogens is 1. The molecule has 7 nitrogen and oxygen atoms in total. The van der Waals surface area contributed by atoms with Gasteiger partial charge >= 0.3 is 6.18 Å². The van der Waals surface area contributed by atoms with Gasteiger partial charge in [0.2, 0.25) is 15.9 Å². The lowest BCUT2D eigenvalue weighted by Crippen LogP contribution is -2.23. The van der Waals surface area contributed by atoms with Crippen LogP contribution in [0.2, 0.25) is 0 Å². The van der Waals surface area contributed by atoms with E-state index >= 15 is 0 Å². The average molecular weight is 465 g/mol. The Bertz CT molecular complexity index is 1170. The summed E-state index contributed by atoms with van der Waals surface area (Å²) in [7, 11) is -3.86. The second-order valence-electron chi connectivity index (χ2n) is 6.58. The van der Waals surface area contributed by atoms with E-state index in [0.717, 1.165) is 11.8 Å². The van der Waals surface area contributed by atoms with Crippen molar-refractivity contribution in [1.29, 1.82) is 0 Å². The summed E-state index contributed by atoms with van der Waals surface area (Å²) in [6.07, 6.45) is -3.36. The van der Waals surface area contributed by atoms with Crippen molar-refractivity contribution in [2.24, 2.45) is 0 Å². The Morgan fingerprint density at radius 1 is 1.00 bits per heavy atom. The van der Waals surface area contributed by atoms with E-state index in [1.54, 1.807) is 24.3 Å². The number of ether oxygens (including phenoxy) is 1. The monoisotopic (exact) mass is 465 g/mol. The van der Waals surface area contributed by atoms with E-state index in [-0.39, 0.29) is 28.6 Å². The van der Waals surface area contributed by atoms with Crippen molar-refractivity contribution in [1.82, 2.24) is 9.71 Å². The van der Waals surface area contributed by atoms with E-state index in [1.165, 1.54) is 36.4 Å². The molecule has 0 spiro atoms.